The van der Waals surface area contributed by atoms with Gasteiger partial charge in [0, 0.05) is 25.8 Å². The van der Waals surface area contributed by atoms with Gasteiger partial charge in [-0.15, -0.1) is 0 Å². The third-order valence-corrected chi connectivity index (χ3v) is 4.47. The van der Waals surface area contributed by atoms with E-state index in [-0.39, 0.29) is 12.5 Å². The van der Waals surface area contributed by atoms with E-state index in [2.05, 4.69) is 4.98 Å². The zero-order valence-corrected chi connectivity index (χ0v) is 13.3. The Morgan fingerprint density at radius 3 is 2.83 bits per heavy atom. The summed E-state index contributed by atoms with van der Waals surface area (Å²) in [5, 5.41) is 18.0. The molecular weight excluding hydrogens is 310 g/mol. The Balaban J connectivity index is 1.57. The van der Waals surface area contributed by atoms with E-state index < -0.39 is 12.0 Å². The van der Waals surface area contributed by atoms with Gasteiger partial charge < -0.3 is 14.9 Å². The summed E-state index contributed by atoms with van der Waals surface area (Å²) in [6.07, 6.45) is 2.80. The molecule has 2 aliphatic heterocycles. The van der Waals surface area contributed by atoms with Crippen molar-refractivity contribution in [1.82, 2.24) is 14.8 Å². The van der Waals surface area contributed by atoms with Crippen molar-refractivity contribution in [2.45, 2.75) is 18.9 Å². The Labute approximate surface area is 139 Å². The predicted molar refractivity (Wildman–Crippen MR) is 85.1 cm³/mol. The fourth-order valence-electron chi connectivity index (χ4n) is 3.20. The van der Waals surface area contributed by atoms with Crippen LogP contribution in [-0.4, -0.2) is 70.7 Å². The molecule has 0 saturated carbocycles. The van der Waals surface area contributed by atoms with Crippen LogP contribution in [0.4, 0.5) is 5.82 Å². The van der Waals surface area contributed by atoms with E-state index in [0.717, 1.165) is 25.3 Å². The number of aromatic nitrogens is 1. The van der Waals surface area contributed by atoms with E-state index in [1.54, 1.807) is 12.1 Å². The molecule has 2 aliphatic rings. The highest BCUT2D eigenvalue weighted by Gasteiger charge is 2.35. The van der Waals surface area contributed by atoms with Gasteiger partial charge in [-0.3, -0.25) is 9.69 Å². The maximum absolute atomic E-state index is 12.4. The van der Waals surface area contributed by atoms with Gasteiger partial charge in [-0.1, -0.05) is 0 Å². The number of pyridine rings is 1. The minimum Gasteiger partial charge on any atom is -0.480 e. The second kappa shape index (κ2) is 6.84. The number of hydrogen-bond donors (Lipinski definition) is 1. The van der Waals surface area contributed by atoms with Crippen molar-refractivity contribution in [1.29, 1.82) is 5.26 Å². The first kappa shape index (κ1) is 16.2. The number of carbonyl (C=O) groups excluding carboxylic acids is 1. The fraction of sp³-hybridized carbons (Fsp3) is 0.500. The first-order chi connectivity index (χ1) is 11.6. The van der Waals surface area contributed by atoms with Crippen LogP contribution in [0, 0.1) is 11.3 Å². The number of nitrogens with zero attached hydrogens (tertiary/aromatic N) is 5. The van der Waals surface area contributed by atoms with Crippen LogP contribution in [-0.2, 0) is 9.59 Å². The lowest BCUT2D eigenvalue weighted by Crippen LogP contribution is -2.45. The smallest absolute Gasteiger partial charge is 0.326 e. The minimum absolute atomic E-state index is 0.130. The maximum atomic E-state index is 12.4. The van der Waals surface area contributed by atoms with Crippen LogP contribution in [0.25, 0.3) is 0 Å². The van der Waals surface area contributed by atoms with Crippen molar-refractivity contribution in [3.63, 3.8) is 0 Å². The van der Waals surface area contributed by atoms with Crippen LogP contribution in [0.1, 0.15) is 18.4 Å². The summed E-state index contributed by atoms with van der Waals surface area (Å²) in [6.45, 7) is 2.77. The average Bonchev–Trinajstić information content (AvgIpc) is 3.24. The predicted octanol–water partition coefficient (Wildman–Crippen LogP) is 0.108. The Kier molecular flexibility index (Phi) is 4.62. The second-order valence-corrected chi connectivity index (χ2v) is 6.06. The van der Waals surface area contributed by atoms with Crippen molar-refractivity contribution in [3.8, 4) is 6.07 Å². The largest absolute Gasteiger partial charge is 0.480 e. The summed E-state index contributed by atoms with van der Waals surface area (Å²) in [4.78, 5) is 33.3. The SMILES string of the molecule is N#Cc1ccc(N2CCN(CC(=O)N3CCCC3C(=O)O)C2)nc1. The summed E-state index contributed by atoms with van der Waals surface area (Å²) in [5.74, 6) is -0.284. The number of likely N-dealkylation sites (tertiary alicyclic amines) is 1. The third kappa shape index (κ3) is 3.31. The third-order valence-electron chi connectivity index (χ3n) is 4.47. The summed E-state index contributed by atoms with van der Waals surface area (Å²) in [6, 6.07) is 4.87. The molecule has 3 heterocycles. The molecule has 0 aromatic carbocycles. The number of anilines is 1. The first-order valence-corrected chi connectivity index (χ1v) is 7.94. The van der Waals surface area contributed by atoms with Gasteiger partial charge in [0.25, 0.3) is 0 Å². The van der Waals surface area contributed by atoms with Crippen molar-refractivity contribution in [2.24, 2.45) is 0 Å². The number of nitriles is 1. The number of carboxylic acids is 1. The zero-order valence-electron chi connectivity index (χ0n) is 13.3. The molecule has 2 saturated heterocycles. The molecule has 1 N–H and O–H groups in total. The van der Waals surface area contributed by atoms with Gasteiger partial charge in [0.05, 0.1) is 18.8 Å². The van der Waals surface area contributed by atoms with Crippen LogP contribution in [0.5, 0.6) is 0 Å². The molecule has 1 amide bonds. The molecule has 3 rings (SSSR count). The summed E-state index contributed by atoms with van der Waals surface area (Å²) in [7, 11) is 0. The highest BCUT2D eigenvalue weighted by molar-refractivity contribution is 5.85. The Morgan fingerprint density at radius 2 is 2.17 bits per heavy atom. The van der Waals surface area contributed by atoms with E-state index in [9.17, 15) is 14.7 Å². The number of rotatable bonds is 4. The molecule has 24 heavy (non-hydrogen) atoms. The molecule has 1 aromatic rings. The number of amides is 1. The van der Waals surface area contributed by atoms with Crippen molar-refractivity contribution >= 4 is 17.7 Å². The molecule has 0 radical (unpaired) electrons. The van der Waals surface area contributed by atoms with E-state index in [4.69, 9.17) is 5.26 Å². The molecule has 0 bridgehead atoms. The molecule has 1 atom stereocenters. The summed E-state index contributed by atoms with van der Waals surface area (Å²) < 4.78 is 0. The first-order valence-electron chi connectivity index (χ1n) is 7.94. The number of carbonyl (C=O) groups is 2. The average molecular weight is 329 g/mol. The normalized spacial score (nSPS) is 21.0. The monoisotopic (exact) mass is 329 g/mol. The van der Waals surface area contributed by atoms with Gasteiger partial charge in [0.2, 0.25) is 5.91 Å². The van der Waals surface area contributed by atoms with Crippen LogP contribution >= 0.6 is 0 Å². The number of carboxylic acid groups (broad SMARTS) is 1. The number of hydrogen-bond acceptors (Lipinski definition) is 6. The number of aliphatic carboxylic acids is 1. The van der Waals surface area contributed by atoms with Gasteiger partial charge in [0.1, 0.15) is 17.9 Å². The van der Waals surface area contributed by atoms with E-state index in [1.165, 1.54) is 11.1 Å². The van der Waals surface area contributed by atoms with Crippen molar-refractivity contribution in [3.05, 3.63) is 23.9 Å². The van der Waals surface area contributed by atoms with Gasteiger partial charge >= 0.3 is 5.97 Å². The van der Waals surface area contributed by atoms with Gasteiger partial charge in [-0.25, -0.2) is 9.78 Å². The molecule has 0 aliphatic carbocycles. The standard InChI is InChI=1S/C16H19N5O3/c17-8-12-3-4-14(18-9-12)20-7-6-19(11-20)10-15(22)21-5-1-2-13(21)16(23)24/h3-4,9,13H,1-2,5-7,10-11H2,(H,23,24). The molecule has 8 nitrogen and oxygen atoms in total. The van der Waals surface area contributed by atoms with Crippen LogP contribution in [0.2, 0.25) is 0 Å². The van der Waals surface area contributed by atoms with Crippen LogP contribution in [0.3, 0.4) is 0 Å². The molecule has 8 heteroatoms. The topological polar surface area (TPSA) is 101 Å². The molecule has 0 spiro atoms. The van der Waals surface area contributed by atoms with Crippen molar-refractivity contribution < 1.29 is 14.7 Å². The lowest BCUT2D eigenvalue weighted by molar-refractivity contribution is -0.148. The van der Waals surface area contributed by atoms with Crippen LogP contribution in [0.15, 0.2) is 18.3 Å². The van der Waals surface area contributed by atoms with Crippen LogP contribution < -0.4 is 4.90 Å². The molecule has 2 fully saturated rings. The Morgan fingerprint density at radius 1 is 1.33 bits per heavy atom. The van der Waals surface area contributed by atoms with E-state index in [0.29, 0.717) is 25.2 Å². The Bertz CT molecular complexity index is 669. The lowest BCUT2D eigenvalue weighted by atomic mass is 10.2. The summed E-state index contributed by atoms with van der Waals surface area (Å²) >= 11 is 0. The lowest BCUT2D eigenvalue weighted by Gasteiger charge is -2.24. The maximum Gasteiger partial charge on any atom is 0.326 e. The quantitative estimate of drug-likeness (QED) is 0.836. The van der Waals surface area contributed by atoms with E-state index in [1.807, 2.05) is 15.9 Å². The fourth-order valence-corrected chi connectivity index (χ4v) is 3.20. The van der Waals surface area contributed by atoms with Gasteiger partial charge in [-0.05, 0) is 25.0 Å². The van der Waals surface area contributed by atoms with Crippen molar-refractivity contribution in [2.75, 3.05) is 37.7 Å². The second-order valence-electron chi connectivity index (χ2n) is 6.06. The van der Waals surface area contributed by atoms with E-state index >= 15 is 0 Å². The zero-order chi connectivity index (χ0) is 17.1. The minimum atomic E-state index is -0.925. The van der Waals surface area contributed by atoms with Gasteiger partial charge in [-0.2, -0.15) is 5.26 Å². The highest BCUT2D eigenvalue weighted by Crippen LogP contribution is 2.19. The molecule has 1 aromatic heterocycles. The molecule has 126 valence electrons. The molecular formula is C16H19N5O3. The summed E-state index contributed by atoms with van der Waals surface area (Å²) in [5.41, 5.74) is 0.513. The highest BCUT2D eigenvalue weighted by atomic mass is 16.4. The molecule has 1 unspecified atom stereocenters. The van der Waals surface area contributed by atoms with Gasteiger partial charge in [0.15, 0.2) is 0 Å². The Hall–Kier alpha value is -2.66.